The molecule has 2 aromatic rings. The predicted octanol–water partition coefficient (Wildman–Crippen LogP) is 4.21. The van der Waals surface area contributed by atoms with Gasteiger partial charge < -0.3 is 14.6 Å². The minimum absolute atomic E-state index is 0.247. The number of hydrogen-bond donors (Lipinski definition) is 1. The number of benzene rings is 2. The van der Waals surface area contributed by atoms with Crippen molar-refractivity contribution in [3.8, 4) is 11.5 Å². The van der Waals surface area contributed by atoms with E-state index in [9.17, 15) is 4.79 Å². The van der Waals surface area contributed by atoms with Crippen LogP contribution in [0.1, 0.15) is 11.1 Å². The summed E-state index contributed by atoms with van der Waals surface area (Å²) in [5.41, 5.74) is 1.27. The predicted molar refractivity (Wildman–Crippen MR) is 85.1 cm³/mol. The second-order valence-electron chi connectivity index (χ2n) is 4.54. The molecule has 6 heteroatoms. The van der Waals surface area contributed by atoms with Gasteiger partial charge in [-0.2, -0.15) is 0 Å². The first-order valence-electron chi connectivity index (χ1n) is 6.45. The lowest BCUT2D eigenvalue weighted by Crippen LogP contribution is -2.05. The van der Waals surface area contributed by atoms with E-state index in [-0.39, 0.29) is 13.0 Å². The van der Waals surface area contributed by atoms with Gasteiger partial charge in [-0.3, -0.25) is 4.79 Å². The molecule has 4 nitrogen and oxygen atoms in total. The summed E-state index contributed by atoms with van der Waals surface area (Å²) in [6.07, 6.45) is -0.253. The number of methoxy groups -OCH3 is 1. The molecule has 0 heterocycles. The van der Waals surface area contributed by atoms with Crippen LogP contribution in [-0.4, -0.2) is 18.2 Å². The first kappa shape index (κ1) is 16.5. The van der Waals surface area contributed by atoms with Gasteiger partial charge in [0.15, 0.2) is 0 Å². The van der Waals surface area contributed by atoms with E-state index >= 15 is 0 Å². The Balaban J connectivity index is 2.20. The minimum atomic E-state index is -1.00. The second-order valence-corrected chi connectivity index (χ2v) is 5.36. The maximum absolute atomic E-state index is 11.0. The fraction of sp³-hybridized carbons (Fsp3) is 0.188. The largest absolute Gasteiger partial charge is 0.497 e. The SMILES string of the molecule is COc1ccc(COc2c(Cl)ccc(Cl)c2CC(=O)O)cc1. The third-order valence-corrected chi connectivity index (χ3v) is 3.68. The van der Waals surface area contributed by atoms with E-state index in [1.807, 2.05) is 24.3 Å². The molecule has 2 rings (SSSR count). The summed E-state index contributed by atoms with van der Waals surface area (Å²) in [5, 5.41) is 9.62. The summed E-state index contributed by atoms with van der Waals surface area (Å²) in [7, 11) is 1.59. The summed E-state index contributed by atoms with van der Waals surface area (Å²) in [6, 6.07) is 10.5. The highest BCUT2D eigenvalue weighted by Crippen LogP contribution is 2.35. The van der Waals surface area contributed by atoms with Crippen LogP contribution in [0.4, 0.5) is 0 Å². The van der Waals surface area contributed by atoms with Crippen LogP contribution in [0.3, 0.4) is 0 Å². The Morgan fingerprint density at radius 1 is 1.09 bits per heavy atom. The first-order chi connectivity index (χ1) is 10.5. The average Bonchev–Trinajstić information content (AvgIpc) is 2.50. The van der Waals surface area contributed by atoms with Gasteiger partial charge in [-0.1, -0.05) is 35.3 Å². The van der Waals surface area contributed by atoms with Crippen LogP contribution in [0.2, 0.25) is 10.0 Å². The van der Waals surface area contributed by atoms with Gasteiger partial charge in [0.2, 0.25) is 0 Å². The van der Waals surface area contributed by atoms with E-state index < -0.39 is 5.97 Å². The molecule has 0 fully saturated rings. The molecule has 0 saturated heterocycles. The van der Waals surface area contributed by atoms with E-state index in [2.05, 4.69) is 0 Å². The molecule has 0 atom stereocenters. The molecule has 1 N–H and O–H groups in total. The number of aliphatic carboxylic acids is 1. The summed E-state index contributed by atoms with van der Waals surface area (Å²) >= 11 is 12.2. The van der Waals surface area contributed by atoms with Gasteiger partial charge >= 0.3 is 5.97 Å². The lowest BCUT2D eigenvalue weighted by Gasteiger charge is -2.14. The fourth-order valence-electron chi connectivity index (χ4n) is 1.92. The van der Waals surface area contributed by atoms with Crippen LogP contribution >= 0.6 is 23.2 Å². The average molecular weight is 341 g/mol. The Morgan fingerprint density at radius 2 is 1.73 bits per heavy atom. The Labute approximate surface area is 138 Å². The van der Waals surface area contributed by atoms with Gasteiger partial charge in [0.1, 0.15) is 18.1 Å². The van der Waals surface area contributed by atoms with E-state index in [0.29, 0.717) is 21.4 Å². The highest BCUT2D eigenvalue weighted by atomic mass is 35.5. The molecule has 0 unspecified atom stereocenters. The van der Waals surface area contributed by atoms with Crippen LogP contribution in [0.25, 0.3) is 0 Å². The highest BCUT2D eigenvalue weighted by molar-refractivity contribution is 6.35. The van der Waals surface area contributed by atoms with Gasteiger partial charge in [-0.05, 0) is 29.8 Å². The molecule has 0 radical (unpaired) electrons. The van der Waals surface area contributed by atoms with E-state index in [0.717, 1.165) is 11.3 Å². The lowest BCUT2D eigenvalue weighted by molar-refractivity contribution is -0.136. The van der Waals surface area contributed by atoms with Crippen molar-refractivity contribution in [2.75, 3.05) is 7.11 Å². The molecular formula is C16H14Cl2O4. The third kappa shape index (κ3) is 4.06. The van der Waals surface area contributed by atoms with Crippen molar-refractivity contribution in [1.82, 2.24) is 0 Å². The molecule has 0 aliphatic rings. The maximum atomic E-state index is 11.0. The maximum Gasteiger partial charge on any atom is 0.308 e. The normalized spacial score (nSPS) is 10.3. The molecule has 22 heavy (non-hydrogen) atoms. The monoisotopic (exact) mass is 340 g/mol. The molecule has 0 saturated carbocycles. The van der Waals surface area contributed by atoms with Crippen molar-refractivity contribution in [2.24, 2.45) is 0 Å². The third-order valence-electron chi connectivity index (χ3n) is 3.03. The fourth-order valence-corrected chi connectivity index (χ4v) is 2.37. The van der Waals surface area contributed by atoms with Crippen LogP contribution in [0.15, 0.2) is 36.4 Å². The standard InChI is InChI=1S/C16H14Cl2O4/c1-21-11-4-2-10(3-5-11)9-22-16-12(8-15(19)20)13(17)6-7-14(16)18/h2-7H,8-9H2,1H3,(H,19,20). The number of carboxylic acids is 1. The second kappa shape index (κ2) is 7.38. The molecule has 0 spiro atoms. The Morgan fingerprint density at radius 3 is 2.32 bits per heavy atom. The topological polar surface area (TPSA) is 55.8 Å². The van der Waals surface area contributed by atoms with Gasteiger partial charge in [-0.25, -0.2) is 0 Å². The van der Waals surface area contributed by atoms with Crippen molar-refractivity contribution < 1.29 is 19.4 Å². The van der Waals surface area contributed by atoms with Gasteiger partial charge in [0, 0.05) is 10.6 Å². The Bertz CT molecular complexity index is 669. The van der Waals surface area contributed by atoms with Crippen molar-refractivity contribution in [3.05, 3.63) is 57.6 Å². The minimum Gasteiger partial charge on any atom is -0.497 e. The highest BCUT2D eigenvalue weighted by Gasteiger charge is 2.16. The zero-order chi connectivity index (χ0) is 16.1. The molecule has 0 bridgehead atoms. The zero-order valence-corrected chi connectivity index (χ0v) is 13.3. The van der Waals surface area contributed by atoms with Crippen molar-refractivity contribution in [1.29, 1.82) is 0 Å². The molecule has 2 aromatic carbocycles. The van der Waals surface area contributed by atoms with E-state index in [4.69, 9.17) is 37.8 Å². The van der Waals surface area contributed by atoms with Crippen LogP contribution < -0.4 is 9.47 Å². The molecule has 0 aromatic heterocycles. The van der Waals surface area contributed by atoms with Crippen molar-refractivity contribution in [2.45, 2.75) is 13.0 Å². The summed E-state index contributed by atoms with van der Waals surface area (Å²) < 4.78 is 10.8. The molecular weight excluding hydrogens is 327 g/mol. The number of halogens is 2. The number of rotatable bonds is 6. The summed E-state index contributed by atoms with van der Waals surface area (Å²) in [4.78, 5) is 11.0. The molecule has 0 aliphatic carbocycles. The lowest BCUT2D eigenvalue weighted by atomic mass is 10.1. The zero-order valence-electron chi connectivity index (χ0n) is 11.8. The number of carboxylic acid groups (broad SMARTS) is 1. The Kier molecular flexibility index (Phi) is 5.52. The summed E-state index contributed by atoms with van der Waals surface area (Å²) in [5.74, 6) is 0.0435. The van der Waals surface area contributed by atoms with Crippen LogP contribution in [0, 0.1) is 0 Å². The Hall–Kier alpha value is -1.91. The molecule has 0 aliphatic heterocycles. The quantitative estimate of drug-likeness (QED) is 0.855. The van der Waals surface area contributed by atoms with Gasteiger partial charge in [0.05, 0.1) is 18.6 Å². The van der Waals surface area contributed by atoms with Gasteiger partial charge in [-0.15, -0.1) is 0 Å². The van der Waals surface area contributed by atoms with Gasteiger partial charge in [0.25, 0.3) is 0 Å². The first-order valence-corrected chi connectivity index (χ1v) is 7.21. The number of hydrogen-bond acceptors (Lipinski definition) is 3. The molecule has 0 amide bonds. The van der Waals surface area contributed by atoms with Crippen molar-refractivity contribution >= 4 is 29.2 Å². The number of ether oxygens (including phenoxy) is 2. The number of carbonyl (C=O) groups is 1. The molecule has 116 valence electrons. The smallest absolute Gasteiger partial charge is 0.308 e. The van der Waals surface area contributed by atoms with Crippen LogP contribution in [-0.2, 0) is 17.8 Å². The van der Waals surface area contributed by atoms with Crippen LogP contribution in [0.5, 0.6) is 11.5 Å². The van der Waals surface area contributed by atoms with E-state index in [1.165, 1.54) is 0 Å². The summed E-state index contributed by atoms with van der Waals surface area (Å²) in [6.45, 7) is 0.247. The van der Waals surface area contributed by atoms with Crippen molar-refractivity contribution in [3.63, 3.8) is 0 Å². The van der Waals surface area contributed by atoms with E-state index in [1.54, 1.807) is 19.2 Å².